The van der Waals surface area contributed by atoms with Crippen LogP contribution in [0.4, 0.5) is 10.8 Å². The van der Waals surface area contributed by atoms with Crippen molar-refractivity contribution >= 4 is 51.7 Å². The van der Waals surface area contributed by atoms with Crippen LogP contribution in [0.3, 0.4) is 0 Å². The number of aromatic nitrogens is 1. The average Bonchev–Trinajstić information content (AvgIpc) is 3.08. The van der Waals surface area contributed by atoms with Crippen LogP contribution in [0.1, 0.15) is 32.4 Å². The number of esters is 1. The topological polar surface area (TPSA) is 97.4 Å². The maximum atomic E-state index is 12.1. The summed E-state index contributed by atoms with van der Waals surface area (Å²) in [6, 6.07) is 7.35. The number of hydrogen-bond acceptors (Lipinski definition) is 7. The van der Waals surface area contributed by atoms with E-state index in [2.05, 4.69) is 15.6 Å². The van der Waals surface area contributed by atoms with Crippen LogP contribution < -0.4 is 10.6 Å². The van der Waals surface area contributed by atoms with Crippen LogP contribution in [-0.4, -0.2) is 35.1 Å². The van der Waals surface area contributed by atoms with Gasteiger partial charge in [0.05, 0.1) is 24.5 Å². The fourth-order valence-corrected chi connectivity index (χ4v) is 3.62. The summed E-state index contributed by atoms with van der Waals surface area (Å²) in [4.78, 5) is 40.3. The van der Waals surface area contributed by atoms with E-state index in [1.54, 1.807) is 12.3 Å². The predicted octanol–water partition coefficient (Wildman–Crippen LogP) is 3.72. The van der Waals surface area contributed by atoms with E-state index in [9.17, 15) is 14.4 Å². The number of anilines is 2. The summed E-state index contributed by atoms with van der Waals surface area (Å²) in [7, 11) is 0. The van der Waals surface area contributed by atoms with Gasteiger partial charge < -0.3 is 15.4 Å². The quantitative estimate of drug-likeness (QED) is 0.448. The minimum absolute atomic E-state index is 0.00643. The van der Waals surface area contributed by atoms with Gasteiger partial charge >= 0.3 is 5.97 Å². The van der Waals surface area contributed by atoms with Gasteiger partial charge in [-0.25, -0.2) is 4.98 Å². The third-order valence-electron chi connectivity index (χ3n) is 3.41. The molecule has 1 aromatic carbocycles. The van der Waals surface area contributed by atoms with Crippen molar-refractivity contribution in [3.63, 3.8) is 0 Å². The summed E-state index contributed by atoms with van der Waals surface area (Å²) < 4.78 is 4.88. The third kappa shape index (κ3) is 7.69. The summed E-state index contributed by atoms with van der Waals surface area (Å²) in [5, 5.41) is 7.74. The smallest absolute Gasteiger partial charge is 0.311 e. The molecule has 0 unspecified atom stereocenters. The molecular weight excluding hydrogens is 398 g/mol. The van der Waals surface area contributed by atoms with Gasteiger partial charge in [-0.1, -0.05) is 6.92 Å². The minimum atomic E-state index is -0.337. The Morgan fingerprint density at radius 2 is 1.86 bits per heavy atom. The number of thioether (sulfide) groups is 1. The van der Waals surface area contributed by atoms with Crippen LogP contribution in [0.2, 0.25) is 0 Å². The largest absolute Gasteiger partial charge is 0.466 e. The Balaban J connectivity index is 1.77. The first-order valence-electron chi connectivity index (χ1n) is 8.92. The van der Waals surface area contributed by atoms with E-state index in [-0.39, 0.29) is 30.0 Å². The van der Waals surface area contributed by atoms with E-state index in [0.717, 1.165) is 17.0 Å². The highest BCUT2D eigenvalue weighted by atomic mass is 32.2. The maximum Gasteiger partial charge on any atom is 0.311 e. The first-order valence-corrected chi connectivity index (χ1v) is 10.8. The van der Waals surface area contributed by atoms with Crippen molar-refractivity contribution < 1.29 is 19.1 Å². The number of benzene rings is 1. The fraction of sp³-hybridized carbons (Fsp3) is 0.368. The highest BCUT2D eigenvalue weighted by Gasteiger charge is 2.11. The summed E-state index contributed by atoms with van der Waals surface area (Å²) in [5.74, 6) is -0.292. The average molecular weight is 422 g/mol. The molecule has 2 N–H and O–H groups in total. The number of ether oxygens (including phenoxy) is 1. The molecular formula is C19H23N3O4S2. The lowest BCUT2D eigenvalue weighted by Gasteiger charge is -2.06. The van der Waals surface area contributed by atoms with Gasteiger partial charge in [0.25, 0.3) is 0 Å². The van der Waals surface area contributed by atoms with E-state index >= 15 is 0 Å². The van der Waals surface area contributed by atoms with Crippen molar-refractivity contribution in [2.75, 3.05) is 23.0 Å². The van der Waals surface area contributed by atoms with Crippen LogP contribution in [0.15, 0.2) is 34.5 Å². The molecule has 2 aromatic rings. The zero-order valence-corrected chi connectivity index (χ0v) is 17.5. The number of thiazole rings is 1. The van der Waals surface area contributed by atoms with E-state index < -0.39 is 0 Å². The standard InChI is InChI=1S/C19H23N3O4S2/c1-3-5-16(23)20-13-6-8-15(9-7-13)27-12-17(24)22-19-21-14(11-28-19)10-18(25)26-4-2/h6-9,11H,3-5,10,12H2,1-2H3,(H,20,23)(H,21,22,24). The second kappa shape index (κ2) is 11.5. The minimum Gasteiger partial charge on any atom is -0.466 e. The van der Waals surface area contributed by atoms with Crippen molar-refractivity contribution in [3.8, 4) is 0 Å². The first kappa shape index (κ1) is 21.9. The van der Waals surface area contributed by atoms with E-state index in [0.29, 0.717) is 23.9 Å². The second-order valence-electron chi connectivity index (χ2n) is 5.79. The van der Waals surface area contributed by atoms with Gasteiger partial charge in [-0.2, -0.15) is 0 Å². The Hall–Kier alpha value is -2.39. The van der Waals surface area contributed by atoms with Crippen molar-refractivity contribution in [2.45, 2.75) is 38.0 Å². The number of amides is 2. The number of carbonyl (C=O) groups is 3. The summed E-state index contributed by atoms with van der Waals surface area (Å²) in [5.41, 5.74) is 1.32. The van der Waals surface area contributed by atoms with Gasteiger partial charge in [-0.05, 0) is 37.6 Å². The summed E-state index contributed by atoms with van der Waals surface area (Å²) in [6.45, 7) is 4.03. The Labute approximate surface area is 172 Å². The molecule has 9 heteroatoms. The molecule has 0 saturated heterocycles. The van der Waals surface area contributed by atoms with Crippen LogP contribution in [0, 0.1) is 0 Å². The lowest BCUT2D eigenvalue weighted by atomic mass is 10.3. The molecule has 1 aromatic heterocycles. The Morgan fingerprint density at radius 1 is 1.11 bits per heavy atom. The van der Waals surface area contributed by atoms with Gasteiger partial charge in [-0.3, -0.25) is 14.4 Å². The number of rotatable bonds is 10. The van der Waals surface area contributed by atoms with Crippen molar-refractivity contribution in [3.05, 3.63) is 35.3 Å². The van der Waals surface area contributed by atoms with E-state index in [1.807, 2.05) is 31.2 Å². The van der Waals surface area contributed by atoms with Crippen LogP contribution in [0.5, 0.6) is 0 Å². The fourth-order valence-electron chi connectivity index (χ4n) is 2.19. The van der Waals surface area contributed by atoms with Gasteiger partial charge in [0, 0.05) is 22.4 Å². The highest BCUT2D eigenvalue weighted by molar-refractivity contribution is 8.00. The molecule has 0 aliphatic carbocycles. The Morgan fingerprint density at radius 3 is 2.54 bits per heavy atom. The summed E-state index contributed by atoms with van der Waals surface area (Å²) >= 11 is 2.66. The molecule has 0 bridgehead atoms. The van der Waals surface area contributed by atoms with Crippen molar-refractivity contribution in [1.82, 2.24) is 4.98 Å². The third-order valence-corrected chi connectivity index (χ3v) is 5.23. The molecule has 7 nitrogen and oxygen atoms in total. The summed E-state index contributed by atoms with van der Waals surface area (Å²) in [6.07, 6.45) is 1.39. The van der Waals surface area contributed by atoms with Crippen LogP contribution >= 0.6 is 23.1 Å². The van der Waals surface area contributed by atoms with E-state index in [4.69, 9.17) is 4.74 Å². The molecule has 0 radical (unpaired) electrons. The normalized spacial score (nSPS) is 10.4. The molecule has 0 aliphatic heterocycles. The zero-order valence-electron chi connectivity index (χ0n) is 15.8. The molecule has 0 saturated carbocycles. The Bertz CT molecular complexity index is 806. The lowest BCUT2D eigenvalue weighted by Crippen LogP contribution is -2.14. The van der Waals surface area contributed by atoms with E-state index in [1.165, 1.54) is 23.1 Å². The van der Waals surface area contributed by atoms with Gasteiger partial charge in [0.15, 0.2) is 5.13 Å². The monoisotopic (exact) mass is 421 g/mol. The lowest BCUT2D eigenvalue weighted by molar-refractivity contribution is -0.142. The number of nitrogens with one attached hydrogen (secondary N) is 2. The predicted molar refractivity (Wildman–Crippen MR) is 112 cm³/mol. The zero-order chi connectivity index (χ0) is 20.4. The first-order chi connectivity index (χ1) is 13.5. The molecule has 1 heterocycles. The number of carbonyl (C=O) groups excluding carboxylic acids is 3. The molecule has 2 rings (SSSR count). The second-order valence-corrected chi connectivity index (χ2v) is 7.69. The molecule has 0 fully saturated rings. The Kier molecular flexibility index (Phi) is 8.96. The molecule has 28 heavy (non-hydrogen) atoms. The van der Waals surface area contributed by atoms with Crippen molar-refractivity contribution in [2.24, 2.45) is 0 Å². The molecule has 0 atom stereocenters. The SMILES string of the molecule is CCCC(=O)Nc1ccc(SCC(=O)Nc2nc(CC(=O)OCC)cs2)cc1. The highest BCUT2D eigenvalue weighted by Crippen LogP contribution is 2.22. The molecule has 0 aliphatic rings. The molecule has 2 amide bonds. The number of hydrogen-bond donors (Lipinski definition) is 2. The molecule has 0 spiro atoms. The van der Waals surface area contributed by atoms with Gasteiger partial charge in [-0.15, -0.1) is 23.1 Å². The number of nitrogens with zero attached hydrogens (tertiary/aromatic N) is 1. The maximum absolute atomic E-state index is 12.1. The van der Waals surface area contributed by atoms with Gasteiger partial charge in [0.1, 0.15) is 0 Å². The van der Waals surface area contributed by atoms with Crippen LogP contribution in [0.25, 0.3) is 0 Å². The molecule has 150 valence electrons. The van der Waals surface area contributed by atoms with Gasteiger partial charge in [0.2, 0.25) is 11.8 Å². The van der Waals surface area contributed by atoms with Crippen molar-refractivity contribution in [1.29, 1.82) is 0 Å². The van der Waals surface area contributed by atoms with Crippen LogP contribution in [-0.2, 0) is 25.5 Å².